The van der Waals surface area contributed by atoms with Gasteiger partial charge in [0.25, 0.3) is 0 Å². The van der Waals surface area contributed by atoms with E-state index in [1.807, 2.05) is 0 Å². The number of nitrogens with one attached hydrogen (secondary N) is 2. The highest BCUT2D eigenvalue weighted by molar-refractivity contribution is 6.04. The fourth-order valence-corrected chi connectivity index (χ4v) is 2.54. The van der Waals surface area contributed by atoms with Crippen LogP contribution in [0.5, 0.6) is 0 Å². The number of hydrogen-bond acceptors (Lipinski definition) is 4. The van der Waals surface area contributed by atoms with E-state index in [2.05, 4.69) is 15.6 Å². The normalized spacial score (nSPS) is 29.6. The number of anilines is 1. The lowest BCUT2D eigenvalue weighted by Gasteiger charge is -2.41. The molecule has 2 atom stereocenters. The highest BCUT2D eigenvalue weighted by Crippen LogP contribution is 2.36. The number of fused-ring (bicyclic) bond motifs is 1. The maximum atomic E-state index is 14.1. The Labute approximate surface area is 107 Å². The molecule has 1 saturated heterocycles. The molecule has 1 aromatic carbocycles. The summed E-state index contributed by atoms with van der Waals surface area (Å²) in [4.78, 5) is 4.06. The van der Waals surface area contributed by atoms with E-state index >= 15 is 0 Å². The van der Waals surface area contributed by atoms with Crippen LogP contribution in [-0.4, -0.2) is 30.8 Å². The minimum Gasteiger partial charge on any atom is -0.383 e. The van der Waals surface area contributed by atoms with Crippen LogP contribution in [0.2, 0.25) is 0 Å². The lowest BCUT2D eigenvalue weighted by Crippen LogP contribution is -2.58. The van der Waals surface area contributed by atoms with Crippen LogP contribution in [0.1, 0.15) is 12.0 Å². The summed E-state index contributed by atoms with van der Waals surface area (Å²) in [5, 5.41) is 5.58. The maximum absolute atomic E-state index is 14.1. The number of amidine groups is 1. The van der Waals surface area contributed by atoms with Crippen molar-refractivity contribution in [3.63, 3.8) is 0 Å². The van der Waals surface area contributed by atoms with Crippen molar-refractivity contribution in [2.45, 2.75) is 18.3 Å². The van der Waals surface area contributed by atoms with Gasteiger partial charge in [-0.3, -0.25) is 0 Å². The molecule has 2 aliphatic rings. The Morgan fingerprint density at radius 3 is 2.79 bits per heavy atom. The summed E-state index contributed by atoms with van der Waals surface area (Å²) in [6.07, 6.45) is -1.06. The number of hydrogen-bond donors (Lipinski definition) is 3. The standard InChI is InChI=1S/C12H13F3N4/c13-6-1-2-7(14)10-9(6)11(16)19-12(18-10)3-4-17-5-8(12)15/h1-2,8,17-18H,3-5H2,(H2,16,19)/t8-,12+/m0/s1. The second kappa shape index (κ2) is 4.12. The van der Waals surface area contributed by atoms with E-state index in [0.29, 0.717) is 13.0 Å². The van der Waals surface area contributed by atoms with Gasteiger partial charge in [-0.25, -0.2) is 18.2 Å². The zero-order valence-corrected chi connectivity index (χ0v) is 10.0. The smallest absolute Gasteiger partial charge is 0.165 e. The molecule has 0 radical (unpaired) electrons. The quantitative estimate of drug-likeness (QED) is 0.662. The fraction of sp³-hybridized carbons (Fsp3) is 0.417. The maximum Gasteiger partial charge on any atom is 0.165 e. The summed E-state index contributed by atoms with van der Waals surface area (Å²) >= 11 is 0. The van der Waals surface area contributed by atoms with E-state index in [9.17, 15) is 13.2 Å². The molecule has 0 aromatic heterocycles. The molecule has 3 rings (SSSR count). The van der Waals surface area contributed by atoms with Gasteiger partial charge in [0, 0.05) is 13.0 Å². The summed E-state index contributed by atoms with van der Waals surface area (Å²) in [5.74, 6) is -1.51. The number of piperidine rings is 1. The van der Waals surface area contributed by atoms with Crippen LogP contribution in [-0.2, 0) is 0 Å². The Morgan fingerprint density at radius 1 is 1.32 bits per heavy atom. The summed E-state index contributed by atoms with van der Waals surface area (Å²) in [6.45, 7) is 0.618. The molecule has 1 fully saturated rings. The first-order valence-electron chi connectivity index (χ1n) is 6.00. The van der Waals surface area contributed by atoms with Crippen molar-refractivity contribution in [1.82, 2.24) is 5.32 Å². The molecule has 19 heavy (non-hydrogen) atoms. The molecule has 2 heterocycles. The third kappa shape index (κ3) is 1.76. The second-order valence-electron chi connectivity index (χ2n) is 4.75. The van der Waals surface area contributed by atoms with Gasteiger partial charge in [0.1, 0.15) is 17.5 Å². The molecule has 0 unspecified atom stereocenters. The third-order valence-electron chi connectivity index (χ3n) is 3.55. The lowest BCUT2D eigenvalue weighted by atomic mass is 9.93. The number of aliphatic imine (C=N–C) groups is 1. The minimum absolute atomic E-state index is 0.0933. The van der Waals surface area contributed by atoms with Crippen LogP contribution in [0.3, 0.4) is 0 Å². The molecule has 4 N–H and O–H groups in total. The lowest BCUT2D eigenvalue weighted by molar-refractivity contribution is 0.167. The minimum atomic E-state index is -1.37. The molecular formula is C12H13F3N4. The first-order chi connectivity index (χ1) is 9.03. The summed E-state index contributed by atoms with van der Waals surface area (Å²) < 4.78 is 41.6. The Hall–Kier alpha value is -1.76. The number of halogens is 3. The van der Waals surface area contributed by atoms with Crippen LogP contribution in [0.4, 0.5) is 18.9 Å². The highest BCUT2D eigenvalue weighted by Gasteiger charge is 2.45. The zero-order chi connectivity index (χ0) is 13.6. The average Bonchev–Trinajstić information content (AvgIpc) is 2.37. The van der Waals surface area contributed by atoms with Crippen LogP contribution in [0.15, 0.2) is 17.1 Å². The first kappa shape index (κ1) is 12.3. The summed E-state index contributed by atoms with van der Waals surface area (Å²) in [7, 11) is 0. The number of benzene rings is 1. The molecule has 0 bridgehead atoms. The van der Waals surface area contributed by atoms with Crippen molar-refractivity contribution in [1.29, 1.82) is 0 Å². The van der Waals surface area contributed by atoms with Crippen LogP contribution >= 0.6 is 0 Å². The molecular weight excluding hydrogens is 257 g/mol. The zero-order valence-electron chi connectivity index (χ0n) is 10.0. The predicted molar refractivity (Wildman–Crippen MR) is 65.8 cm³/mol. The van der Waals surface area contributed by atoms with Crippen LogP contribution in [0, 0.1) is 11.6 Å². The molecule has 0 amide bonds. The van der Waals surface area contributed by atoms with Gasteiger partial charge in [-0.15, -0.1) is 0 Å². The van der Waals surface area contributed by atoms with E-state index in [0.717, 1.165) is 12.1 Å². The van der Waals surface area contributed by atoms with Gasteiger partial charge in [-0.1, -0.05) is 0 Å². The van der Waals surface area contributed by atoms with Crippen molar-refractivity contribution in [2.75, 3.05) is 18.4 Å². The van der Waals surface area contributed by atoms with Crippen molar-refractivity contribution in [3.8, 4) is 0 Å². The molecule has 0 saturated carbocycles. The van der Waals surface area contributed by atoms with Crippen LogP contribution in [0.25, 0.3) is 0 Å². The van der Waals surface area contributed by atoms with E-state index < -0.39 is 23.5 Å². The highest BCUT2D eigenvalue weighted by atomic mass is 19.1. The van der Waals surface area contributed by atoms with Crippen LogP contribution < -0.4 is 16.4 Å². The monoisotopic (exact) mass is 270 g/mol. The van der Waals surface area contributed by atoms with Gasteiger partial charge >= 0.3 is 0 Å². The van der Waals surface area contributed by atoms with E-state index in [-0.39, 0.29) is 23.6 Å². The molecule has 102 valence electrons. The van der Waals surface area contributed by atoms with Crippen molar-refractivity contribution in [3.05, 3.63) is 29.3 Å². The largest absolute Gasteiger partial charge is 0.383 e. The van der Waals surface area contributed by atoms with Gasteiger partial charge < -0.3 is 16.4 Å². The number of rotatable bonds is 0. The van der Waals surface area contributed by atoms with E-state index in [4.69, 9.17) is 5.73 Å². The van der Waals surface area contributed by atoms with Crippen molar-refractivity contribution >= 4 is 11.5 Å². The van der Waals surface area contributed by atoms with Gasteiger partial charge in [-0.2, -0.15) is 0 Å². The molecule has 4 nitrogen and oxygen atoms in total. The second-order valence-corrected chi connectivity index (χ2v) is 4.75. The molecule has 2 aliphatic heterocycles. The SMILES string of the molecule is NC1=N[C@@]2(CCNC[C@@H]2F)Nc2c(F)ccc(F)c21. The van der Waals surface area contributed by atoms with Crippen molar-refractivity contribution in [2.24, 2.45) is 10.7 Å². The molecule has 0 aliphatic carbocycles. The Balaban J connectivity index is 2.13. The summed E-state index contributed by atoms with van der Waals surface area (Å²) in [5.41, 5.74) is 4.15. The number of nitrogens with zero attached hydrogens (tertiary/aromatic N) is 1. The van der Waals surface area contributed by atoms with E-state index in [1.165, 1.54) is 0 Å². The fourth-order valence-electron chi connectivity index (χ4n) is 2.54. The average molecular weight is 270 g/mol. The summed E-state index contributed by atoms with van der Waals surface area (Å²) in [6, 6.07) is 1.97. The Kier molecular flexibility index (Phi) is 2.67. The van der Waals surface area contributed by atoms with Gasteiger partial charge in [-0.05, 0) is 18.7 Å². The number of nitrogens with two attached hydrogens (primary N) is 1. The van der Waals surface area contributed by atoms with Gasteiger partial charge in [0.2, 0.25) is 0 Å². The Morgan fingerprint density at radius 2 is 2.05 bits per heavy atom. The van der Waals surface area contributed by atoms with Crippen molar-refractivity contribution < 1.29 is 13.2 Å². The topological polar surface area (TPSA) is 62.4 Å². The molecule has 1 spiro atoms. The van der Waals surface area contributed by atoms with Gasteiger partial charge in [0.05, 0.1) is 11.3 Å². The Bertz CT molecular complexity index is 560. The first-order valence-corrected chi connectivity index (χ1v) is 6.00. The van der Waals surface area contributed by atoms with Gasteiger partial charge in [0.15, 0.2) is 11.8 Å². The molecule has 7 heteroatoms. The molecule has 1 aromatic rings. The predicted octanol–water partition coefficient (Wildman–Crippen LogP) is 1.12. The number of alkyl halides is 1. The van der Waals surface area contributed by atoms with E-state index in [1.54, 1.807) is 0 Å². The third-order valence-corrected chi connectivity index (χ3v) is 3.55.